The van der Waals surface area contributed by atoms with Gasteiger partial charge in [0.25, 0.3) is 0 Å². The van der Waals surface area contributed by atoms with Gasteiger partial charge in [-0.05, 0) is 25.0 Å². The zero-order valence-corrected chi connectivity index (χ0v) is 10.6. The predicted octanol–water partition coefficient (Wildman–Crippen LogP) is 3.67. The quantitative estimate of drug-likeness (QED) is 0.932. The number of nitrogens with one attached hydrogen (secondary N) is 1. The first-order valence-electron chi connectivity index (χ1n) is 5.88. The third-order valence-corrected chi connectivity index (χ3v) is 3.85. The molecule has 1 aliphatic rings. The molecule has 2 heterocycles. The van der Waals surface area contributed by atoms with E-state index in [-0.39, 0.29) is 0 Å². The zero-order chi connectivity index (χ0) is 13.5. The van der Waals surface area contributed by atoms with Crippen LogP contribution < -0.4 is 5.32 Å². The van der Waals surface area contributed by atoms with Crippen LogP contribution in [0.15, 0.2) is 22.7 Å². The number of aromatic nitrogens is 1. The second-order valence-corrected chi connectivity index (χ2v) is 5.48. The van der Waals surface area contributed by atoms with Gasteiger partial charge in [-0.2, -0.15) is 13.2 Å². The molecule has 0 spiro atoms. The summed E-state index contributed by atoms with van der Waals surface area (Å²) in [6.07, 6.45) is -0.842. The Kier molecular flexibility index (Phi) is 3.10. The highest BCUT2D eigenvalue weighted by Gasteiger charge is 2.35. The van der Waals surface area contributed by atoms with E-state index in [2.05, 4.69) is 10.3 Å². The first-order chi connectivity index (χ1) is 9.02. The van der Waals surface area contributed by atoms with Crippen LogP contribution in [-0.2, 0) is 12.7 Å². The van der Waals surface area contributed by atoms with Gasteiger partial charge < -0.3 is 9.73 Å². The number of hydrogen-bond acceptors (Lipinski definition) is 4. The maximum atomic E-state index is 12.4. The first kappa shape index (κ1) is 12.7. The number of furan rings is 1. The fourth-order valence-electron chi connectivity index (χ4n) is 1.66. The van der Waals surface area contributed by atoms with Crippen LogP contribution in [-0.4, -0.2) is 11.0 Å². The number of hydrogen-bond donors (Lipinski definition) is 1. The molecule has 1 fully saturated rings. The minimum atomic E-state index is -4.40. The summed E-state index contributed by atoms with van der Waals surface area (Å²) in [6.45, 7) is 0.607. The van der Waals surface area contributed by atoms with Gasteiger partial charge in [-0.25, -0.2) is 4.98 Å². The van der Waals surface area contributed by atoms with E-state index in [0.29, 0.717) is 34.6 Å². The Hall–Kier alpha value is -1.34. The van der Waals surface area contributed by atoms with Gasteiger partial charge in [0.05, 0.1) is 11.4 Å². The fourth-order valence-corrected chi connectivity index (χ4v) is 2.40. The van der Waals surface area contributed by atoms with E-state index in [0.717, 1.165) is 5.76 Å². The van der Waals surface area contributed by atoms with E-state index in [4.69, 9.17) is 4.42 Å². The van der Waals surface area contributed by atoms with Crippen LogP contribution in [0.1, 0.15) is 23.6 Å². The van der Waals surface area contributed by atoms with Crippen LogP contribution in [0.4, 0.5) is 13.2 Å². The van der Waals surface area contributed by atoms with Crippen molar-refractivity contribution in [3.05, 3.63) is 29.1 Å². The lowest BCUT2D eigenvalue weighted by Gasteiger charge is -1.99. The molecule has 2 aromatic rings. The van der Waals surface area contributed by atoms with Crippen molar-refractivity contribution in [3.63, 3.8) is 0 Å². The molecule has 0 atom stereocenters. The highest BCUT2D eigenvalue weighted by atomic mass is 32.1. The van der Waals surface area contributed by atoms with Crippen molar-refractivity contribution in [1.82, 2.24) is 10.3 Å². The second kappa shape index (κ2) is 4.64. The summed E-state index contributed by atoms with van der Waals surface area (Å²) in [5, 5.41) is 2.43. The molecule has 0 unspecified atom stereocenters. The van der Waals surface area contributed by atoms with Crippen LogP contribution in [0.25, 0.3) is 10.6 Å². The standard InChI is InChI=1S/C12H11F3N2OS/c13-12(14,15)11-17-6-10(19-11)9-4-3-8(18-9)5-16-7-1-2-7/h3-4,6-7,16H,1-2,5H2. The molecule has 3 rings (SSSR count). The lowest BCUT2D eigenvalue weighted by atomic mass is 10.4. The molecule has 0 radical (unpaired) electrons. The van der Waals surface area contributed by atoms with Crippen molar-refractivity contribution in [2.45, 2.75) is 31.6 Å². The summed E-state index contributed by atoms with van der Waals surface area (Å²) >= 11 is 0.593. The second-order valence-electron chi connectivity index (χ2n) is 4.45. The van der Waals surface area contributed by atoms with E-state index in [1.165, 1.54) is 19.0 Å². The molecule has 19 heavy (non-hydrogen) atoms. The van der Waals surface area contributed by atoms with Crippen molar-refractivity contribution < 1.29 is 17.6 Å². The number of thiazole rings is 1. The van der Waals surface area contributed by atoms with E-state index in [9.17, 15) is 13.2 Å². The van der Waals surface area contributed by atoms with Crippen LogP contribution in [0.5, 0.6) is 0 Å². The van der Waals surface area contributed by atoms with Crippen LogP contribution in [0.2, 0.25) is 0 Å². The Morgan fingerprint density at radius 2 is 2.16 bits per heavy atom. The minimum absolute atomic E-state index is 0.394. The van der Waals surface area contributed by atoms with Gasteiger partial charge in [-0.15, -0.1) is 11.3 Å². The minimum Gasteiger partial charge on any atom is -0.459 e. The van der Waals surface area contributed by atoms with Crippen molar-refractivity contribution in [1.29, 1.82) is 0 Å². The molecule has 0 amide bonds. The van der Waals surface area contributed by atoms with Gasteiger partial charge in [0.15, 0.2) is 5.01 Å². The summed E-state index contributed by atoms with van der Waals surface area (Å²) in [5.74, 6) is 1.16. The van der Waals surface area contributed by atoms with Gasteiger partial charge in [-0.1, -0.05) is 0 Å². The van der Waals surface area contributed by atoms with E-state index < -0.39 is 11.2 Å². The Bertz CT molecular complexity index is 572. The van der Waals surface area contributed by atoms with E-state index in [1.54, 1.807) is 12.1 Å². The average molecular weight is 288 g/mol. The van der Waals surface area contributed by atoms with E-state index in [1.807, 2.05) is 0 Å². The molecular weight excluding hydrogens is 277 g/mol. The number of alkyl halides is 3. The third kappa shape index (κ3) is 2.98. The van der Waals surface area contributed by atoms with Crippen molar-refractivity contribution in [3.8, 4) is 10.6 Å². The summed E-state index contributed by atoms with van der Waals surface area (Å²) < 4.78 is 42.9. The molecule has 0 saturated heterocycles. The summed E-state index contributed by atoms with van der Waals surface area (Å²) in [6, 6.07) is 4.02. The van der Waals surface area contributed by atoms with Crippen LogP contribution >= 0.6 is 11.3 Å². The molecule has 2 aromatic heterocycles. The SMILES string of the molecule is FC(F)(F)c1ncc(-c2ccc(CNC3CC3)o2)s1. The maximum absolute atomic E-state index is 12.4. The number of nitrogens with zero attached hydrogens (tertiary/aromatic N) is 1. The van der Waals surface area contributed by atoms with E-state index >= 15 is 0 Å². The van der Waals surface area contributed by atoms with Gasteiger partial charge in [0.1, 0.15) is 11.5 Å². The smallest absolute Gasteiger partial charge is 0.443 e. The molecule has 7 heteroatoms. The lowest BCUT2D eigenvalue weighted by molar-refractivity contribution is -0.137. The van der Waals surface area contributed by atoms with Crippen LogP contribution in [0.3, 0.4) is 0 Å². The van der Waals surface area contributed by atoms with Crippen molar-refractivity contribution >= 4 is 11.3 Å². The predicted molar refractivity (Wildman–Crippen MR) is 64.7 cm³/mol. The Morgan fingerprint density at radius 3 is 2.79 bits per heavy atom. The largest absolute Gasteiger partial charge is 0.459 e. The Balaban J connectivity index is 1.72. The highest BCUT2D eigenvalue weighted by Crippen LogP contribution is 2.36. The van der Waals surface area contributed by atoms with Gasteiger partial charge >= 0.3 is 6.18 Å². The van der Waals surface area contributed by atoms with Crippen molar-refractivity contribution in [2.75, 3.05) is 0 Å². The maximum Gasteiger partial charge on any atom is 0.443 e. The molecule has 1 saturated carbocycles. The molecule has 0 aromatic carbocycles. The normalized spacial score (nSPS) is 15.9. The summed E-state index contributed by atoms with van der Waals surface area (Å²) in [5.41, 5.74) is 0. The summed E-state index contributed by atoms with van der Waals surface area (Å²) in [7, 11) is 0. The first-order valence-corrected chi connectivity index (χ1v) is 6.69. The Labute approximate surface area is 111 Å². The molecule has 102 valence electrons. The zero-order valence-electron chi connectivity index (χ0n) is 9.83. The monoisotopic (exact) mass is 288 g/mol. The number of halogens is 3. The molecule has 1 N–H and O–H groups in total. The van der Waals surface area contributed by atoms with Gasteiger partial charge in [0.2, 0.25) is 0 Å². The van der Waals surface area contributed by atoms with Crippen molar-refractivity contribution in [2.24, 2.45) is 0 Å². The average Bonchev–Trinajstić information content (AvgIpc) is 2.87. The molecule has 0 aliphatic heterocycles. The van der Waals surface area contributed by atoms with Gasteiger partial charge in [-0.3, -0.25) is 0 Å². The third-order valence-electron chi connectivity index (χ3n) is 2.80. The number of rotatable bonds is 4. The molecular formula is C12H11F3N2OS. The van der Waals surface area contributed by atoms with Crippen LogP contribution in [0, 0.1) is 0 Å². The molecule has 1 aliphatic carbocycles. The topological polar surface area (TPSA) is 38.1 Å². The highest BCUT2D eigenvalue weighted by molar-refractivity contribution is 7.15. The fraction of sp³-hybridized carbons (Fsp3) is 0.417. The Morgan fingerprint density at radius 1 is 1.37 bits per heavy atom. The summed E-state index contributed by atoms with van der Waals surface area (Å²) in [4.78, 5) is 3.77. The van der Waals surface area contributed by atoms with Gasteiger partial charge in [0, 0.05) is 12.2 Å². The molecule has 0 bridgehead atoms. The molecule has 3 nitrogen and oxygen atoms in total. The lowest BCUT2D eigenvalue weighted by Crippen LogP contribution is -2.14.